The van der Waals surface area contributed by atoms with Crippen LogP contribution in [0.15, 0.2) is 0 Å². The standard InChI is InChI=1S/C16H26O4/c1-16(2)14-12(8-5-9-18-14)15(16)20-13(17)10-19-11-6-3-4-7-11/h11-12,14-15H,3-10H2,1-2H3/t12-,14-,15-/m1/s1. The van der Waals surface area contributed by atoms with E-state index in [2.05, 4.69) is 13.8 Å². The van der Waals surface area contributed by atoms with Crippen molar-refractivity contribution in [2.24, 2.45) is 11.3 Å². The van der Waals surface area contributed by atoms with Gasteiger partial charge in [0.25, 0.3) is 0 Å². The predicted molar refractivity (Wildman–Crippen MR) is 74.3 cm³/mol. The van der Waals surface area contributed by atoms with Crippen LogP contribution in [0.2, 0.25) is 0 Å². The number of rotatable bonds is 4. The van der Waals surface area contributed by atoms with Crippen molar-refractivity contribution in [3.8, 4) is 0 Å². The lowest BCUT2D eigenvalue weighted by molar-refractivity contribution is -0.256. The van der Waals surface area contributed by atoms with E-state index in [9.17, 15) is 4.79 Å². The van der Waals surface area contributed by atoms with Crippen LogP contribution >= 0.6 is 0 Å². The normalized spacial score (nSPS) is 36.2. The maximum absolute atomic E-state index is 12.0. The molecule has 0 spiro atoms. The molecule has 3 atom stereocenters. The molecule has 3 fully saturated rings. The highest BCUT2D eigenvalue weighted by atomic mass is 16.6. The highest BCUT2D eigenvalue weighted by molar-refractivity contribution is 5.71. The summed E-state index contributed by atoms with van der Waals surface area (Å²) in [6, 6.07) is 0. The zero-order chi connectivity index (χ0) is 14.2. The van der Waals surface area contributed by atoms with E-state index in [0.29, 0.717) is 5.92 Å². The van der Waals surface area contributed by atoms with E-state index in [1.165, 1.54) is 12.8 Å². The first kappa shape index (κ1) is 14.3. The summed E-state index contributed by atoms with van der Waals surface area (Å²) in [5.41, 5.74) is -0.0614. The molecule has 0 unspecified atom stereocenters. The molecule has 0 N–H and O–H groups in total. The average molecular weight is 282 g/mol. The first-order valence-corrected chi connectivity index (χ1v) is 8.02. The van der Waals surface area contributed by atoms with Crippen molar-refractivity contribution in [1.82, 2.24) is 0 Å². The Morgan fingerprint density at radius 3 is 2.70 bits per heavy atom. The van der Waals surface area contributed by atoms with Gasteiger partial charge in [0.2, 0.25) is 0 Å². The molecule has 0 bridgehead atoms. The van der Waals surface area contributed by atoms with Crippen LogP contribution in [0.4, 0.5) is 0 Å². The van der Waals surface area contributed by atoms with Gasteiger partial charge in [-0.1, -0.05) is 26.7 Å². The second kappa shape index (κ2) is 5.64. The van der Waals surface area contributed by atoms with E-state index in [1.54, 1.807) is 0 Å². The van der Waals surface area contributed by atoms with Crippen LogP contribution in [-0.2, 0) is 19.0 Å². The second-order valence-electron chi connectivity index (χ2n) is 7.05. The van der Waals surface area contributed by atoms with Gasteiger partial charge >= 0.3 is 5.97 Å². The summed E-state index contributed by atoms with van der Waals surface area (Å²) < 4.78 is 17.1. The summed E-state index contributed by atoms with van der Waals surface area (Å²) in [6.07, 6.45) is 7.30. The number of esters is 1. The Labute approximate surface area is 121 Å². The molecule has 1 aliphatic heterocycles. The largest absolute Gasteiger partial charge is 0.460 e. The smallest absolute Gasteiger partial charge is 0.332 e. The van der Waals surface area contributed by atoms with Gasteiger partial charge in [-0.15, -0.1) is 0 Å². The number of fused-ring (bicyclic) bond motifs is 1. The highest BCUT2D eigenvalue weighted by Crippen LogP contribution is 2.52. The van der Waals surface area contributed by atoms with Gasteiger partial charge in [-0.3, -0.25) is 0 Å². The fraction of sp³-hybridized carbons (Fsp3) is 0.938. The van der Waals surface area contributed by atoms with Gasteiger partial charge in [-0.25, -0.2) is 4.79 Å². The van der Waals surface area contributed by atoms with Gasteiger partial charge in [-0.05, 0) is 25.7 Å². The molecule has 0 aromatic rings. The van der Waals surface area contributed by atoms with Crippen molar-refractivity contribution in [3.63, 3.8) is 0 Å². The Bertz CT molecular complexity index is 359. The summed E-state index contributed by atoms with van der Waals surface area (Å²) >= 11 is 0. The van der Waals surface area contributed by atoms with E-state index in [4.69, 9.17) is 14.2 Å². The van der Waals surface area contributed by atoms with Gasteiger partial charge in [-0.2, -0.15) is 0 Å². The van der Waals surface area contributed by atoms with Gasteiger partial charge in [0, 0.05) is 17.9 Å². The van der Waals surface area contributed by atoms with Crippen molar-refractivity contribution in [2.45, 2.75) is 70.7 Å². The van der Waals surface area contributed by atoms with Crippen LogP contribution in [0.5, 0.6) is 0 Å². The molecule has 114 valence electrons. The van der Waals surface area contributed by atoms with Crippen LogP contribution in [0.1, 0.15) is 52.4 Å². The number of carbonyl (C=O) groups is 1. The minimum atomic E-state index is -0.209. The molecule has 0 aromatic heterocycles. The molecule has 20 heavy (non-hydrogen) atoms. The molecule has 3 aliphatic rings. The summed E-state index contributed by atoms with van der Waals surface area (Å²) in [6.45, 7) is 5.22. The highest BCUT2D eigenvalue weighted by Gasteiger charge is 2.60. The fourth-order valence-corrected chi connectivity index (χ4v) is 4.13. The molecule has 1 heterocycles. The number of hydrogen-bond donors (Lipinski definition) is 0. The minimum Gasteiger partial charge on any atom is -0.460 e. The quantitative estimate of drug-likeness (QED) is 0.744. The fourth-order valence-electron chi connectivity index (χ4n) is 4.13. The van der Waals surface area contributed by atoms with Crippen LogP contribution in [0.25, 0.3) is 0 Å². The van der Waals surface area contributed by atoms with Crippen LogP contribution in [0.3, 0.4) is 0 Å². The Hall–Kier alpha value is -0.610. The van der Waals surface area contributed by atoms with Crippen LogP contribution < -0.4 is 0 Å². The van der Waals surface area contributed by atoms with Crippen molar-refractivity contribution >= 4 is 5.97 Å². The number of carbonyl (C=O) groups excluding carboxylic acids is 1. The Morgan fingerprint density at radius 1 is 1.20 bits per heavy atom. The van der Waals surface area contributed by atoms with Gasteiger partial charge in [0.15, 0.2) is 0 Å². The molecule has 2 saturated carbocycles. The number of ether oxygens (including phenoxy) is 3. The lowest BCUT2D eigenvalue weighted by atomic mass is 9.57. The summed E-state index contributed by atoms with van der Waals surface area (Å²) in [7, 11) is 0. The van der Waals surface area contributed by atoms with Gasteiger partial charge in [0.05, 0.1) is 12.2 Å². The summed E-state index contributed by atoms with van der Waals surface area (Å²) in [5.74, 6) is 0.174. The molecule has 0 amide bonds. The first-order valence-electron chi connectivity index (χ1n) is 8.02. The van der Waals surface area contributed by atoms with E-state index >= 15 is 0 Å². The van der Waals surface area contributed by atoms with E-state index in [0.717, 1.165) is 32.3 Å². The lowest BCUT2D eigenvalue weighted by Gasteiger charge is -2.58. The maximum atomic E-state index is 12.0. The van der Waals surface area contributed by atoms with Crippen molar-refractivity contribution < 1.29 is 19.0 Å². The SMILES string of the molecule is CC1(C)[C@@H]2OCCC[C@H]2[C@H]1OC(=O)COC1CCCC1. The van der Waals surface area contributed by atoms with E-state index in [-0.39, 0.29) is 36.3 Å². The summed E-state index contributed by atoms with van der Waals surface area (Å²) in [5, 5.41) is 0. The first-order chi connectivity index (χ1) is 9.59. The minimum absolute atomic E-state index is 0.00696. The van der Waals surface area contributed by atoms with Crippen molar-refractivity contribution in [3.05, 3.63) is 0 Å². The molecule has 1 saturated heterocycles. The summed E-state index contributed by atoms with van der Waals surface area (Å²) in [4.78, 5) is 12.0. The Morgan fingerprint density at radius 2 is 1.95 bits per heavy atom. The van der Waals surface area contributed by atoms with Crippen molar-refractivity contribution in [2.75, 3.05) is 13.2 Å². The third-order valence-electron chi connectivity index (χ3n) is 5.22. The third-order valence-corrected chi connectivity index (χ3v) is 5.22. The zero-order valence-electron chi connectivity index (χ0n) is 12.6. The van der Waals surface area contributed by atoms with Crippen molar-refractivity contribution in [1.29, 1.82) is 0 Å². The van der Waals surface area contributed by atoms with Gasteiger partial charge in [0.1, 0.15) is 12.7 Å². The monoisotopic (exact) mass is 282 g/mol. The molecule has 4 heteroatoms. The number of hydrogen-bond acceptors (Lipinski definition) is 4. The molecule has 0 radical (unpaired) electrons. The van der Waals surface area contributed by atoms with Gasteiger partial charge < -0.3 is 14.2 Å². The molecule has 3 rings (SSSR count). The molecule has 2 aliphatic carbocycles. The third kappa shape index (κ3) is 2.60. The Balaban J connectivity index is 1.48. The topological polar surface area (TPSA) is 44.8 Å². The molecule has 4 nitrogen and oxygen atoms in total. The second-order valence-corrected chi connectivity index (χ2v) is 7.05. The Kier molecular flexibility index (Phi) is 4.04. The van der Waals surface area contributed by atoms with Crippen LogP contribution in [0, 0.1) is 11.3 Å². The zero-order valence-corrected chi connectivity index (χ0v) is 12.6. The predicted octanol–water partition coefficient (Wildman–Crippen LogP) is 2.69. The maximum Gasteiger partial charge on any atom is 0.332 e. The van der Waals surface area contributed by atoms with Crippen LogP contribution in [-0.4, -0.2) is 37.5 Å². The molecular weight excluding hydrogens is 256 g/mol. The lowest BCUT2D eigenvalue weighted by Crippen LogP contribution is -2.65. The molecular formula is C16H26O4. The van der Waals surface area contributed by atoms with E-state index < -0.39 is 0 Å². The molecule has 0 aromatic carbocycles. The van der Waals surface area contributed by atoms with E-state index in [1.807, 2.05) is 0 Å². The average Bonchev–Trinajstić information content (AvgIpc) is 2.96.